The zero-order valence-corrected chi connectivity index (χ0v) is 13.4. The van der Waals surface area contributed by atoms with Crippen molar-refractivity contribution < 1.29 is 0 Å². The standard InChI is InChI=1S/C16H16Cl2S/c1-9-7-13(17)10(2)6-12(9)16(18)15-8-11-4-3-5-14(11)19-15/h6-8,16H,3-5H2,1-2H3. The van der Waals surface area contributed by atoms with E-state index < -0.39 is 0 Å². The summed E-state index contributed by atoms with van der Waals surface area (Å²) in [4.78, 5) is 2.81. The van der Waals surface area contributed by atoms with Crippen molar-refractivity contribution in [3.63, 3.8) is 0 Å². The lowest BCUT2D eigenvalue weighted by Crippen LogP contribution is -1.96. The third-order valence-corrected chi connectivity index (χ3v) is 6.14. The number of rotatable bonds is 2. The maximum Gasteiger partial charge on any atom is 0.0930 e. The second kappa shape index (κ2) is 5.12. The van der Waals surface area contributed by atoms with Crippen LogP contribution in [0.3, 0.4) is 0 Å². The molecule has 1 heterocycles. The van der Waals surface area contributed by atoms with E-state index in [0.717, 1.165) is 10.6 Å². The van der Waals surface area contributed by atoms with Crippen LogP contribution in [0, 0.1) is 13.8 Å². The maximum absolute atomic E-state index is 6.69. The highest BCUT2D eigenvalue weighted by Gasteiger charge is 2.21. The zero-order chi connectivity index (χ0) is 13.6. The van der Waals surface area contributed by atoms with Crippen LogP contribution in [0.5, 0.6) is 0 Å². The van der Waals surface area contributed by atoms with Gasteiger partial charge in [0.1, 0.15) is 0 Å². The average Bonchev–Trinajstić information content (AvgIpc) is 2.93. The van der Waals surface area contributed by atoms with Crippen LogP contribution in [-0.2, 0) is 12.8 Å². The first-order valence-corrected chi connectivity index (χ1v) is 8.21. The zero-order valence-electron chi connectivity index (χ0n) is 11.1. The van der Waals surface area contributed by atoms with E-state index in [-0.39, 0.29) is 5.38 Å². The van der Waals surface area contributed by atoms with Gasteiger partial charge in [-0.25, -0.2) is 0 Å². The first-order valence-electron chi connectivity index (χ1n) is 6.58. The molecule has 0 fully saturated rings. The highest BCUT2D eigenvalue weighted by Crippen LogP contribution is 2.40. The van der Waals surface area contributed by atoms with E-state index in [2.05, 4.69) is 19.1 Å². The van der Waals surface area contributed by atoms with Crippen molar-refractivity contribution in [3.8, 4) is 0 Å². The van der Waals surface area contributed by atoms with Gasteiger partial charge in [0.05, 0.1) is 5.38 Å². The van der Waals surface area contributed by atoms with Crippen LogP contribution in [0.15, 0.2) is 18.2 Å². The maximum atomic E-state index is 6.69. The van der Waals surface area contributed by atoms with E-state index in [1.54, 1.807) is 0 Å². The summed E-state index contributed by atoms with van der Waals surface area (Å²) in [6.45, 7) is 4.11. The number of thiophene rings is 1. The van der Waals surface area contributed by atoms with E-state index in [0.29, 0.717) is 0 Å². The van der Waals surface area contributed by atoms with Gasteiger partial charge in [-0.05, 0) is 67.5 Å². The summed E-state index contributed by atoms with van der Waals surface area (Å²) in [6.07, 6.45) is 3.74. The molecular weight excluding hydrogens is 295 g/mol. The fourth-order valence-electron chi connectivity index (χ4n) is 2.71. The topological polar surface area (TPSA) is 0 Å². The number of hydrogen-bond donors (Lipinski definition) is 0. The minimum absolute atomic E-state index is 0.0495. The number of benzene rings is 1. The Kier molecular flexibility index (Phi) is 3.63. The summed E-state index contributed by atoms with van der Waals surface area (Å²) in [5.74, 6) is 0. The van der Waals surface area contributed by atoms with Crippen molar-refractivity contribution in [1.82, 2.24) is 0 Å². The van der Waals surface area contributed by atoms with Gasteiger partial charge in [-0.2, -0.15) is 0 Å². The first-order chi connectivity index (χ1) is 9.06. The molecule has 2 aromatic rings. The van der Waals surface area contributed by atoms with Gasteiger partial charge in [-0.3, -0.25) is 0 Å². The van der Waals surface area contributed by atoms with Crippen molar-refractivity contribution in [2.75, 3.05) is 0 Å². The Hall–Kier alpha value is -0.500. The van der Waals surface area contributed by atoms with Crippen LogP contribution >= 0.6 is 34.5 Å². The van der Waals surface area contributed by atoms with Gasteiger partial charge in [0.15, 0.2) is 0 Å². The minimum atomic E-state index is -0.0495. The molecule has 3 heteroatoms. The molecule has 100 valence electrons. The Bertz CT molecular complexity index is 606. The van der Waals surface area contributed by atoms with Crippen LogP contribution in [-0.4, -0.2) is 0 Å². The molecule has 3 rings (SSSR count). The predicted molar refractivity (Wildman–Crippen MR) is 85.0 cm³/mol. The molecule has 19 heavy (non-hydrogen) atoms. The molecule has 1 aliphatic carbocycles. The largest absolute Gasteiger partial charge is 0.143 e. The van der Waals surface area contributed by atoms with Gasteiger partial charge in [-0.1, -0.05) is 17.7 Å². The smallest absolute Gasteiger partial charge is 0.0930 e. The molecule has 1 unspecified atom stereocenters. The van der Waals surface area contributed by atoms with E-state index in [1.807, 2.05) is 24.3 Å². The van der Waals surface area contributed by atoms with Crippen molar-refractivity contribution in [2.45, 2.75) is 38.5 Å². The molecule has 1 atom stereocenters. The van der Waals surface area contributed by atoms with Crippen LogP contribution in [0.1, 0.15) is 43.8 Å². The third-order valence-electron chi connectivity index (χ3n) is 3.84. The third kappa shape index (κ3) is 2.44. The summed E-state index contributed by atoms with van der Waals surface area (Å²) in [5, 5.41) is 0.769. The normalized spacial score (nSPS) is 15.6. The fraction of sp³-hybridized carbons (Fsp3) is 0.375. The molecule has 0 radical (unpaired) electrons. The number of fused-ring (bicyclic) bond motifs is 1. The highest BCUT2D eigenvalue weighted by molar-refractivity contribution is 7.12. The van der Waals surface area contributed by atoms with E-state index in [1.165, 1.54) is 45.7 Å². The molecular formula is C16H16Cl2S. The Morgan fingerprint density at radius 2 is 1.89 bits per heavy atom. The van der Waals surface area contributed by atoms with Gasteiger partial charge in [0.2, 0.25) is 0 Å². The molecule has 0 saturated carbocycles. The van der Waals surface area contributed by atoms with E-state index in [9.17, 15) is 0 Å². The predicted octanol–water partition coefficient (Wildman–Crippen LogP) is 5.84. The van der Waals surface area contributed by atoms with E-state index >= 15 is 0 Å². The molecule has 1 aromatic carbocycles. The second-order valence-electron chi connectivity index (χ2n) is 5.27. The Morgan fingerprint density at radius 1 is 1.11 bits per heavy atom. The van der Waals surface area contributed by atoms with Crippen LogP contribution in [0.4, 0.5) is 0 Å². The molecule has 0 nitrogen and oxygen atoms in total. The molecule has 0 saturated heterocycles. The molecule has 1 aliphatic rings. The molecule has 0 aliphatic heterocycles. The number of aryl methyl sites for hydroxylation is 4. The molecule has 0 bridgehead atoms. The van der Waals surface area contributed by atoms with Crippen LogP contribution in [0.25, 0.3) is 0 Å². The van der Waals surface area contributed by atoms with Gasteiger partial charge in [-0.15, -0.1) is 22.9 Å². The van der Waals surface area contributed by atoms with Gasteiger partial charge in [0.25, 0.3) is 0 Å². The number of halogens is 2. The summed E-state index contributed by atoms with van der Waals surface area (Å²) in [5.41, 5.74) is 4.96. The Morgan fingerprint density at radius 3 is 2.63 bits per heavy atom. The second-order valence-corrected chi connectivity index (χ2v) is 7.28. The lowest BCUT2D eigenvalue weighted by atomic mass is 10.0. The molecule has 0 amide bonds. The summed E-state index contributed by atoms with van der Waals surface area (Å²) in [6, 6.07) is 6.44. The summed E-state index contributed by atoms with van der Waals surface area (Å²) < 4.78 is 0. The minimum Gasteiger partial charge on any atom is -0.143 e. The highest BCUT2D eigenvalue weighted by atomic mass is 35.5. The monoisotopic (exact) mass is 310 g/mol. The number of alkyl halides is 1. The molecule has 0 N–H and O–H groups in total. The lowest BCUT2D eigenvalue weighted by Gasteiger charge is -2.13. The lowest BCUT2D eigenvalue weighted by molar-refractivity contribution is 0.913. The number of hydrogen-bond acceptors (Lipinski definition) is 1. The Labute approximate surface area is 128 Å². The molecule has 1 aromatic heterocycles. The van der Waals surface area contributed by atoms with Crippen molar-refractivity contribution >= 4 is 34.5 Å². The van der Waals surface area contributed by atoms with Crippen molar-refractivity contribution in [1.29, 1.82) is 0 Å². The SMILES string of the molecule is Cc1cc(C(Cl)c2cc3c(s2)CCC3)c(C)cc1Cl. The van der Waals surface area contributed by atoms with Crippen molar-refractivity contribution in [2.24, 2.45) is 0 Å². The van der Waals surface area contributed by atoms with Gasteiger partial charge < -0.3 is 0 Å². The fourth-order valence-corrected chi connectivity index (χ4v) is 4.61. The summed E-state index contributed by atoms with van der Waals surface area (Å²) in [7, 11) is 0. The summed E-state index contributed by atoms with van der Waals surface area (Å²) >= 11 is 14.7. The van der Waals surface area contributed by atoms with E-state index in [4.69, 9.17) is 23.2 Å². The Balaban J connectivity index is 1.99. The first kappa shape index (κ1) is 13.5. The molecule has 0 spiro atoms. The average molecular weight is 311 g/mol. The quantitative estimate of drug-likeness (QED) is 0.612. The van der Waals surface area contributed by atoms with Crippen LogP contribution in [0.2, 0.25) is 5.02 Å². The van der Waals surface area contributed by atoms with Gasteiger partial charge in [0, 0.05) is 14.8 Å². The van der Waals surface area contributed by atoms with Crippen molar-refractivity contribution in [3.05, 3.63) is 55.2 Å². The van der Waals surface area contributed by atoms with Gasteiger partial charge >= 0.3 is 0 Å². The van der Waals surface area contributed by atoms with Crippen LogP contribution < -0.4 is 0 Å².